The largest absolute Gasteiger partial charge is 0.456 e. The van der Waals surface area contributed by atoms with Crippen LogP contribution in [0.5, 0.6) is 0 Å². The Balaban J connectivity index is 1.37. The first kappa shape index (κ1) is 23.8. The Bertz CT molecular complexity index is 2450. The summed E-state index contributed by atoms with van der Waals surface area (Å²) in [5.41, 5.74) is 10.4. The highest BCUT2D eigenvalue weighted by Gasteiger charge is 2.18. The van der Waals surface area contributed by atoms with Gasteiger partial charge in [-0.2, -0.15) is 10.5 Å². The maximum Gasteiger partial charge on any atom is 0.136 e. The van der Waals surface area contributed by atoms with Crippen molar-refractivity contribution in [3.05, 3.63) is 132 Å². The second-order valence-electron chi connectivity index (χ2n) is 10.4. The normalized spacial score (nSPS) is 11.3. The van der Waals surface area contributed by atoms with Gasteiger partial charge in [0.2, 0.25) is 0 Å². The van der Waals surface area contributed by atoms with E-state index in [0.29, 0.717) is 11.1 Å². The molecule has 42 heavy (non-hydrogen) atoms. The highest BCUT2D eigenvalue weighted by molar-refractivity contribution is 6.08. The maximum atomic E-state index is 9.70. The standard InChI is InChI=1S/C38H20N2O2/c39-21-23-5-3-6-27(17-23)38-28(25-12-14-31-30-7-1-2-10-34(30)41-36(31)19-25)8-4-9-29(38)26-13-15-32-33-18-24(22-40)11-16-35(33)42-37(32)20-26/h1-20H. The molecule has 0 saturated carbocycles. The van der Waals surface area contributed by atoms with Crippen LogP contribution in [-0.4, -0.2) is 0 Å². The van der Waals surface area contributed by atoms with Crippen LogP contribution in [0.25, 0.3) is 77.3 Å². The van der Waals surface area contributed by atoms with E-state index in [1.54, 1.807) is 6.07 Å². The molecule has 0 fully saturated rings. The van der Waals surface area contributed by atoms with E-state index in [4.69, 9.17) is 8.83 Å². The molecule has 0 bridgehead atoms. The van der Waals surface area contributed by atoms with Gasteiger partial charge in [-0.25, -0.2) is 0 Å². The zero-order valence-corrected chi connectivity index (χ0v) is 22.3. The van der Waals surface area contributed by atoms with E-state index in [9.17, 15) is 10.5 Å². The predicted molar refractivity (Wildman–Crippen MR) is 167 cm³/mol. The Labute approximate surface area is 240 Å². The zero-order chi connectivity index (χ0) is 28.2. The number of furan rings is 2. The molecular formula is C38H20N2O2. The van der Waals surface area contributed by atoms with Crippen molar-refractivity contribution in [3.8, 4) is 45.5 Å². The van der Waals surface area contributed by atoms with Gasteiger partial charge < -0.3 is 8.83 Å². The van der Waals surface area contributed by atoms with E-state index < -0.39 is 0 Å². The first-order chi connectivity index (χ1) is 20.7. The van der Waals surface area contributed by atoms with E-state index >= 15 is 0 Å². The Morgan fingerprint density at radius 2 is 1.00 bits per heavy atom. The lowest BCUT2D eigenvalue weighted by Gasteiger charge is -2.16. The average Bonchev–Trinajstić information content (AvgIpc) is 3.61. The predicted octanol–water partition coefficient (Wildman–Crippen LogP) is 10.2. The van der Waals surface area contributed by atoms with Crippen molar-refractivity contribution in [3.63, 3.8) is 0 Å². The zero-order valence-electron chi connectivity index (χ0n) is 22.3. The van der Waals surface area contributed by atoms with Crippen molar-refractivity contribution in [1.82, 2.24) is 0 Å². The molecule has 0 N–H and O–H groups in total. The second kappa shape index (κ2) is 9.24. The Morgan fingerprint density at radius 3 is 1.71 bits per heavy atom. The van der Waals surface area contributed by atoms with Gasteiger partial charge in [0.1, 0.15) is 22.3 Å². The molecule has 0 saturated heterocycles. The van der Waals surface area contributed by atoms with Crippen LogP contribution in [-0.2, 0) is 0 Å². The van der Waals surface area contributed by atoms with Gasteiger partial charge in [0.05, 0.1) is 23.3 Å². The molecule has 6 aromatic carbocycles. The Hall–Kier alpha value is -6.10. The molecule has 0 unspecified atom stereocenters. The summed E-state index contributed by atoms with van der Waals surface area (Å²) < 4.78 is 12.5. The molecule has 0 spiro atoms. The molecule has 4 nitrogen and oxygen atoms in total. The molecule has 8 rings (SSSR count). The molecule has 8 aromatic rings. The molecule has 4 heteroatoms. The van der Waals surface area contributed by atoms with E-state index in [1.807, 2.05) is 54.6 Å². The Morgan fingerprint density at radius 1 is 0.405 bits per heavy atom. The fourth-order valence-electron chi connectivity index (χ4n) is 6.00. The molecule has 194 valence electrons. The average molecular weight is 537 g/mol. The Kier molecular flexibility index (Phi) is 5.22. The summed E-state index contributed by atoms with van der Waals surface area (Å²) in [7, 11) is 0. The van der Waals surface area contributed by atoms with Crippen LogP contribution in [0, 0.1) is 22.7 Å². The van der Waals surface area contributed by atoms with Crippen molar-refractivity contribution in [1.29, 1.82) is 10.5 Å². The maximum absolute atomic E-state index is 9.70. The lowest BCUT2D eigenvalue weighted by atomic mass is 9.87. The monoisotopic (exact) mass is 536 g/mol. The van der Waals surface area contributed by atoms with E-state index in [1.165, 1.54) is 0 Å². The minimum atomic E-state index is 0.599. The molecule has 2 aromatic heterocycles. The van der Waals surface area contributed by atoms with Crippen molar-refractivity contribution < 1.29 is 8.83 Å². The summed E-state index contributed by atoms with van der Waals surface area (Å²) in [5.74, 6) is 0. The van der Waals surface area contributed by atoms with Crippen molar-refractivity contribution in [2.75, 3.05) is 0 Å². The third-order valence-electron chi connectivity index (χ3n) is 7.95. The topological polar surface area (TPSA) is 73.9 Å². The highest BCUT2D eigenvalue weighted by Crippen LogP contribution is 2.43. The molecule has 0 aliphatic rings. The quantitative estimate of drug-likeness (QED) is 0.225. The molecule has 0 amide bonds. The number of fused-ring (bicyclic) bond motifs is 6. The van der Waals surface area contributed by atoms with Gasteiger partial charge in [0.15, 0.2) is 0 Å². The van der Waals surface area contributed by atoms with Crippen LogP contribution in [0.15, 0.2) is 130 Å². The SMILES string of the molecule is N#Cc1cccc(-c2c(-c3ccc4c(c3)oc3ccccc34)cccc2-c2ccc3c(c2)oc2ccc(C#N)cc23)c1. The molecule has 0 aliphatic carbocycles. The summed E-state index contributed by atoms with van der Waals surface area (Å²) >= 11 is 0. The van der Waals surface area contributed by atoms with Gasteiger partial charge in [-0.05, 0) is 94.0 Å². The smallest absolute Gasteiger partial charge is 0.136 e. The van der Waals surface area contributed by atoms with Crippen molar-refractivity contribution in [2.24, 2.45) is 0 Å². The molecule has 0 radical (unpaired) electrons. The molecule has 0 aliphatic heterocycles. The number of benzene rings is 6. The van der Waals surface area contributed by atoms with Gasteiger partial charge in [-0.1, -0.05) is 60.7 Å². The fourth-order valence-corrected chi connectivity index (χ4v) is 6.00. The van der Waals surface area contributed by atoms with Crippen LogP contribution >= 0.6 is 0 Å². The summed E-state index contributed by atoms with van der Waals surface area (Å²) in [6.07, 6.45) is 0. The number of nitrogens with zero attached hydrogens (tertiary/aromatic N) is 2. The van der Waals surface area contributed by atoms with Gasteiger partial charge in [0, 0.05) is 21.5 Å². The fraction of sp³-hybridized carbons (Fsp3) is 0. The molecule has 0 atom stereocenters. The number of nitriles is 2. The summed E-state index contributed by atoms with van der Waals surface area (Å²) in [4.78, 5) is 0. The minimum Gasteiger partial charge on any atom is -0.456 e. The molecular weight excluding hydrogens is 516 g/mol. The molecule has 2 heterocycles. The first-order valence-corrected chi connectivity index (χ1v) is 13.6. The van der Waals surface area contributed by atoms with Crippen LogP contribution in [0.1, 0.15) is 11.1 Å². The van der Waals surface area contributed by atoms with Gasteiger partial charge in [-0.3, -0.25) is 0 Å². The second-order valence-corrected chi connectivity index (χ2v) is 10.4. The number of hydrogen-bond donors (Lipinski definition) is 0. The first-order valence-electron chi connectivity index (χ1n) is 13.6. The van der Waals surface area contributed by atoms with Gasteiger partial charge in [0.25, 0.3) is 0 Å². The van der Waals surface area contributed by atoms with Crippen LogP contribution in [0.3, 0.4) is 0 Å². The van der Waals surface area contributed by atoms with E-state index in [0.717, 1.165) is 77.3 Å². The van der Waals surface area contributed by atoms with Crippen LogP contribution in [0.2, 0.25) is 0 Å². The highest BCUT2D eigenvalue weighted by atomic mass is 16.3. The third kappa shape index (κ3) is 3.68. The van der Waals surface area contributed by atoms with E-state index in [2.05, 4.69) is 72.8 Å². The van der Waals surface area contributed by atoms with Gasteiger partial charge >= 0.3 is 0 Å². The summed E-state index contributed by atoms with van der Waals surface area (Å²) in [6.45, 7) is 0. The number of para-hydroxylation sites is 1. The number of hydrogen-bond acceptors (Lipinski definition) is 4. The summed E-state index contributed by atoms with van der Waals surface area (Å²) in [6, 6.07) is 44.6. The van der Waals surface area contributed by atoms with Crippen LogP contribution < -0.4 is 0 Å². The lowest BCUT2D eigenvalue weighted by molar-refractivity contribution is 0.668. The van der Waals surface area contributed by atoms with E-state index in [-0.39, 0.29) is 0 Å². The third-order valence-corrected chi connectivity index (χ3v) is 7.95. The van der Waals surface area contributed by atoms with Crippen LogP contribution in [0.4, 0.5) is 0 Å². The summed E-state index contributed by atoms with van der Waals surface area (Å²) in [5, 5.41) is 23.1. The minimum absolute atomic E-state index is 0.599. The van der Waals surface area contributed by atoms with Crippen molar-refractivity contribution in [2.45, 2.75) is 0 Å². The van der Waals surface area contributed by atoms with Crippen molar-refractivity contribution >= 4 is 43.9 Å². The van der Waals surface area contributed by atoms with Gasteiger partial charge in [-0.15, -0.1) is 0 Å². The lowest BCUT2D eigenvalue weighted by Crippen LogP contribution is -1.91. The number of rotatable bonds is 3.